The highest BCUT2D eigenvalue weighted by Crippen LogP contribution is 2.27. The van der Waals surface area contributed by atoms with E-state index in [9.17, 15) is 13.6 Å². The molecule has 170 valence electrons. The van der Waals surface area contributed by atoms with Crippen molar-refractivity contribution in [3.63, 3.8) is 0 Å². The van der Waals surface area contributed by atoms with Gasteiger partial charge in [0.15, 0.2) is 0 Å². The predicted octanol–water partition coefficient (Wildman–Crippen LogP) is 4.47. The van der Waals surface area contributed by atoms with Gasteiger partial charge in [-0.15, -0.1) is 0 Å². The maximum atomic E-state index is 14.5. The van der Waals surface area contributed by atoms with E-state index in [1.807, 2.05) is 19.1 Å². The summed E-state index contributed by atoms with van der Waals surface area (Å²) in [6.45, 7) is 3.45. The molecule has 7 nitrogen and oxygen atoms in total. The Morgan fingerprint density at radius 3 is 2.62 bits per heavy atom. The largest absolute Gasteiger partial charge is 0.383 e. The lowest BCUT2D eigenvalue weighted by atomic mass is 10.1. The molecule has 0 unspecified atom stereocenters. The van der Waals surface area contributed by atoms with Crippen LogP contribution in [-0.4, -0.2) is 25.8 Å². The van der Waals surface area contributed by atoms with E-state index in [0.29, 0.717) is 28.2 Å². The molecule has 0 aliphatic heterocycles. The fourth-order valence-electron chi connectivity index (χ4n) is 3.62. The Balaban J connectivity index is 1.75. The molecule has 4 aromatic rings. The summed E-state index contributed by atoms with van der Waals surface area (Å²) < 4.78 is 28.0. The Hall–Kier alpha value is -4.45. The molecule has 0 fully saturated rings. The van der Waals surface area contributed by atoms with E-state index >= 15 is 0 Å². The average molecular weight is 458 g/mol. The van der Waals surface area contributed by atoms with E-state index in [1.165, 1.54) is 11.1 Å². The minimum atomic E-state index is -0.855. The number of carbonyl (C=O) groups excluding carboxylic acids is 1. The number of anilines is 1. The van der Waals surface area contributed by atoms with Gasteiger partial charge in [0.1, 0.15) is 23.5 Å². The van der Waals surface area contributed by atoms with Crippen molar-refractivity contribution in [3.05, 3.63) is 94.6 Å². The van der Waals surface area contributed by atoms with Crippen LogP contribution in [0.4, 0.5) is 14.6 Å². The lowest BCUT2D eigenvalue weighted by Gasteiger charge is -2.29. The van der Waals surface area contributed by atoms with Crippen molar-refractivity contribution in [1.82, 2.24) is 19.9 Å². The molecule has 0 bridgehead atoms. The molecule has 1 amide bonds. The SMILES string of the molecule is Cc1cc2cc(C(=O)N(Cc3ccc(C#N)cn3)[C@H](C)c3ncc(F)cc3F)ccc2nc1N. The topological polar surface area (TPSA) is 109 Å². The first-order valence-electron chi connectivity index (χ1n) is 10.4. The highest BCUT2D eigenvalue weighted by molar-refractivity contribution is 5.98. The van der Waals surface area contributed by atoms with Crippen LogP contribution in [0.2, 0.25) is 0 Å². The van der Waals surface area contributed by atoms with Crippen LogP contribution in [0.25, 0.3) is 10.9 Å². The maximum absolute atomic E-state index is 14.5. The van der Waals surface area contributed by atoms with Gasteiger partial charge in [-0.2, -0.15) is 5.26 Å². The Labute approximate surface area is 194 Å². The van der Waals surface area contributed by atoms with Crippen LogP contribution in [0.1, 0.15) is 45.8 Å². The molecule has 0 aliphatic carbocycles. The summed E-state index contributed by atoms with van der Waals surface area (Å²) in [7, 11) is 0. The van der Waals surface area contributed by atoms with Crippen LogP contribution >= 0.6 is 0 Å². The third-order valence-electron chi connectivity index (χ3n) is 5.54. The molecule has 1 aromatic carbocycles. The number of benzene rings is 1. The number of carbonyl (C=O) groups is 1. The van der Waals surface area contributed by atoms with Gasteiger partial charge >= 0.3 is 0 Å². The molecule has 3 aromatic heterocycles. The van der Waals surface area contributed by atoms with E-state index < -0.39 is 23.6 Å². The summed E-state index contributed by atoms with van der Waals surface area (Å²) in [5.41, 5.74) is 8.44. The van der Waals surface area contributed by atoms with Gasteiger partial charge < -0.3 is 10.6 Å². The molecule has 9 heteroatoms. The number of hydrogen-bond acceptors (Lipinski definition) is 6. The van der Waals surface area contributed by atoms with Gasteiger partial charge in [-0.1, -0.05) is 0 Å². The summed E-state index contributed by atoms with van der Waals surface area (Å²) in [6.07, 6.45) is 2.31. The number of nitrogens with zero attached hydrogens (tertiary/aromatic N) is 5. The van der Waals surface area contributed by atoms with Gasteiger partial charge in [0.05, 0.1) is 41.3 Å². The van der Waals surface area contributed by atoms with Crippen LogP contribution in [0.15, 0.2) is 54.9 Å². The van der Waals surface area contributed by atoms with Crippen LogP contribution in [0, 0.1) is 29.9 Å². The Morgan fingerprint density at radius 1 is 1.15 bits per heavy atom. The molecular weight excluding hydrogens is 438 g/mol. The molecule has 0 saturated carbocycles. The van der Waals surface area contributed by atoms with Crippen LogP contribution in [-0.2, 0) is 6.54 Å². The minimum absolute atomic E-state index is 0.0151. The lowest BCUT2D eigenvalue weighted by Crippen LogP contribution is -2.34. The Bertz CT molecular complexity index is 1430. The molecule has 34 heavy (non-hydrogen) atoms. The first-order valence-corrected chi connectivity index (χ1v) is 10.4. The number of nitrogen functional groups attached to an aromatic ring is 1. The number of aryl methyl sites for hydroxylation is 1. The number of fused-ring (bicyclic) bond motifs is 1. The van der Waals surface area contributed by atoms with Crippen molar-refractivity contribution in [2.24, 2.45) is 0 Å². The van der Waals surface area contributed by atoms with E-state index in [2.05, 4.69) is 15.0 Å². The summed E-state index contributed by atoms with van der Waals surface area (Å²) in [6, 6.07) is 11.9. The highest BCUT2D eigenvalue weighted by Gasteiger charge is 2.27. The summed E-state index contributed by atoms with van der Waals surface area (Å²) in [4.78, 5) is 27.5. The van der Waals surface area contributed by atoms with Crippen molar-refractivity contribution < 1.29 is 13.6 Å². The van der Waals surface area contributed by atoms with Gasteiger partial charge in [-0.05, 0) is 55.8 Å². The molecule has 0 radical (unpaired) electrons. The van der Waals surface area contributed by atoms with Crippen LogP contribution in [0.3, 0.4) is 0 Å². The number of nitriles is 1. The zero-order valence-electron chi connectivity index (χ0n) is 18.5. The first kappa shape index (κ1) is 22.7. The second kappa shape index (κ2) is 9.19. The minimum Gasteiger partial charge on any atom is -0.383 e. The summed E-state index contributed by atoms with van der Waals surface area (Å²) >= 11 is 0. The van der Waals surface area contributed by atoms with Crippen molar-refractivity contribution in [2.75, 3.05) is 5.73 Å². The van der Waals surface area contributed by atoms with E-state index in [0.717, 1.165) is 23.2 Å². The third kappa shape index (κ3) is 4.52. The quantitative estimate of drug-likeness (QED) is 0.473. The van der Waals surface area contributed by atoms with E-state index in [1.54, 1.807) is 37.3 Å². The monoisotopic (exact) mass is 458 g/mol. The fraction of sp³-hybridized carbons (Fsp3) is 0.160. The number of halogens is 2. The van der Waals surface area contributed by atoms with Crippen molar-refractivity contribution in [3.8, 4) is 6.07 Å². The number of aromatic nitrogens is 3. The van der Waals surface area contributed by atoms with Gasteiger partial charge in [-0.25, -0.2) is 13.8 Å². The normalized spacial score (nSPS) is 11.7. The zero-order chi connectivity index (χ0) is 24.4. The van der Waals surface area contributed by atoms with Crippen molar-refractivity contribution in [2.45, 2.75) is 26.4 Å². The molecule has 0 saturated heterocycles. The summed E-state index contributed by atoms with van der Waals surface area (Å²) in [5.74, 6) is -1.66. The molecule has 0 aliphatic rings. The summed E-state index contributed by atoms with van der Waals surface area (Å²) in [5, 5.41) is 9.74. The molecule has 3 heterocycles. The van der Waals surface area contributed by atoms with Crippen LogP contribution in [0.5, 0.6) is 0 Å². The number of rotatable bonds is 5. The molecule has 1 atom stereocenters. The second-order valence-electron chi connectivity index (χ2n) is 7.88. The first-order chi connectivity index (χ1) is 16.3. The number of nitrogens with two attached hydrogens (primary N) is 1. The fourth-order valence-corrected chi connectivity index (χ4v) is 3.62. The number of pyridine rings is 3. The molecule has 0 spiro atoms. The highest BCUT2D eigenvalue weighted by atomic mass is 19.1. The third-order valence-corrected chi connectivity index (χ3v) is 5.54. The van der Waals surface area contributed by atoms with Crippen LogP contribution < -0.4 is 5.73 Å². The van der Waals surface area contributed by atoms with E-state index in [4.69, 9.17) is 11.0 Å². The molecular formula is C25H20F2N6O. The smallest absolute Gasteiger partial charge is 0.254 e. The van der Waals surface area contributed by atoms with E-state index in [-0.39, 0.29) is 12.2 Å². The average Bonchev–Trinajstić information content (AvgIpc) is 2.82. The maximum Gasteiger partial charge on any atom is 0.254 e. The Morgan fingerprint density at radius 2 is 1.94 bits per heavy atom. The molecule has 4 rings (SSSR count). The Kier molecular flexibility index (Phi) is 6.15. The van der Waals surface area contributed by atoms with Crippen molar-refractivity contribution in [1.29, 1.82) is 5.26 Å². The van der Waals surface area contributed by atoms with Gasteiger partial charge in [0.2, 0.25) is 0 Å². The lowest BCUT2D eigenvalue weighted by molar-refractivity contribution is 0.0664. The van der Waals surface area contributed by atoms with Crippen molar-refractivity contribution >= 4 is 22.6 Å². The standard InChI is InChI=1S/C25H20F2N6O/c1-14-7-18-8-17(4-6-22(18)32-24(14)29)25(34)33(13-20-5-3-16(10-28)11-30-20)15(2)23-21(27)9-19(26)12-31-23/h3-9,11-12,15H,13H2,1-2H3,(H2,29,32)/t15-/m1/s1. The number of hydrogen-bond donors (Lipinski definition) is 1. The number of amides is 1. The van der Waals surface area contributed by atoms with Gasteiger partial charge in [-0.3, -0.25) is 14.8 Å². The van der Waals surface area contributed by atoms with Gasteiger partial charge in [0, 0.05) is 23.2 Å². The molecule has 2 N–H and O–H groups in total. The second-order valence-corrected chi connectivity index (χ2v) is 7.88. The van der Waals surface area contributed by atoms with Gasteiger partial charge in [0.25, 0.3) is 5.91 Å². The zero-order valence-corrected chi connectivity index (χ0v) is 18.5. The predicted molar refractivity (Wildman–Crippen MR) is 122 cm³/mol.